The van der Waals surface area contributed by atoms with E-state index in [1.165, 1.54) is 10.6 Å². The van der Waals surface area contributed by atoms with Gasteiger partial charge in [0.05, 0.1) is 16.4 Å². The van der Waals surface area contributed by atoms with Crippen LogP contribution in [0.1, 0.15) is 10.6 Å². The van der Waals surface area contributed by atoms with E-state index in [4.69, 9.17) is 11.6 Å². The number of imidazole rings is 1. The number of aromatic nitrogens is 2. The van der Waals surface area contributed by atoms with E-state index in [0.29, 0.717) is 0 Å². The van der Waals surface area contributed by atoms with E-state index >= 15 is 0 Å². The Hall–Kier alpha value is -0.840. The molecule has 0 aliphatic rings. The van der Waals surface area contributed by atoms with Gasteiger partial charge >= 0.3 is 0 Å². The van der Waals surface area contributed by atoms with Crippen molar-refractivity contribution in [1.29, 1.82) is 0 Å². The smallest absolute Gasteiger partial charge is 0.0948 e. The molecule has 0 atom stereocenters. The molecule has 0 spiro atoms. The van der Waals surface area contributed by atoms with E-state index in [9.17, 15) is 0 Å². The Balaban J connectivity index is 1.96. The molecule has 0 aliphatic heterocycles. The maximum absolute atomic E-state index is 5.89. The molecule has 0 radical (unpaired) electrons. The molecule has 2 aromatic heterocycles. The average Bonchev–Trinajstić information content (AvgIpc) is 2.85. The molecule has 0 bridgehead atoms. The summed E-state index contributed by atoms with van der Waals surface area (Å²) in [6.45, 7) is 1.80. The van der Waals surface area contributed by atoms with Gasteiger partial charge in [0.25, 0.3) is 0 Å². The summed E-state index contributed by atoms with van der Waals surface area (Å²) in [5.41, 5.74) is 1.21. The molecular weight excluding hydrogens is 242 g/mol. The maximum atomic E-state index is 5.89. The van der Waals surface area contributed by atoms with Crippen LogP contribution in [-0.4, -0.2) is 16.6 Å². The molecule has 0 saturated heterocycles. The molecule has 3 nitrogen and oxygen atoms in total. The number of nitrogens with one attached hydrogen (secondary N) is 1. The average molecular weight is 256 g/mol. The Morgan fingerprint density at radius 2 is 2.38 bits per heavy atom. The zero-order valence-electron chi connectivity index (χ0n) is 9.11. The molecular formula is C11H14ClN3S. The third-order valence-electron chi connectivity index (χ3n) is 2.38. The Morgan fingerprint density at radius 3 is 3.06 bits per heavy atom. The lowest BCUT2D eigenvalue weighted by molar-refractivity contribution is 0.641. The summed E-state index contributed by atoms with van der Waals surface area (Å²) < 4.78 is 3.03. The minimum absolute atomic E-state index is 0.852. The molecule has 5 heteroatoms. The number of rotatable bonds is 5. The zero-order chi connectivity index (χ0) is 11.4. The lowest BCUT2D eigenvalue weighted by Crippen LogP contribution is -2.11. The Kier molecular flexibility index (Phi) is 3.98. The molecule has 0 unspecified atom stereocenters. The van der Waals surface area contributed by atoms with Gasteiger partial charge in [0.15, 0.2) is 0 Å². The zero-order valence-corrected chi connectivity index (χ0v) is 10.7. The summed E-state index contributed by atoms with van der Waals surface area (Å²) in [6.07, 6.45) is 4.78. The van der Waals surface area contributed by atoms with Crippen LogP contribution in [0.15, 0.2) is 24.7 Å². The topological polar surface area (TPSA) is 29.9 Å². The van der Waals surface area contributed by atoms with Crippen molar-refractivity contribution >= 4 is 22.9 Å². The summed E-state index contributed by atoms with van der Waals surface area (Å²) in [5.74, 6) is 0. The summed E-state index contributed by atoms with van der Waals surface area (Å²) in [5, 5.41) is 3.13. The predicted octanol–water partition coefficient (Wildman–Crippen LogP) is 2.56. The van der Waals surface area contributed by atoms with E-state index in [2.05, 4.69) is 20.9 Å². The molecule has 1 N–H and O–H groups in total. The van der Waals surface area contributed by atoms with Crippen molar-refractivity contribution in [2.75, 3.05) is 7.05 Å². The standard InChI is InChI=1S/C11H14ClN3S/c1-13-6-9-7-14-8-15(9)5-4-10-2-3-11(12)16-10/h2-3,7-8,13H,4-6H2,1H3. The molecule has 0 saturated carbocycles. The first-order valence-corrected chi connectivity index (χ1v) is 6.37. The normalized spacial score (nSPS) is 10.9. The second-order valence-corrected chi connectivity index (χ2v) is 5.36. The molecule has 0 fully saturated rings. The third kappa shape index (κ3) is 2.84. The highest BCUT2D eigenvalue weighted by molar-refractivity contribution is 7.16. The fourth-order valence-electron chi connectivity index (χ4n) is 1.59. The lowest BCUT2D eigenvalue weighted by Gasteiger charge is -2.06. The van der Waals surface area contributed by atoms with Gasteiger partial charge in [-0.2, -0.15) is 0 Å². The minimum Gasteiger partial charge on any atom is -0.333 e. The second-order valence-electron chi connectivity index (χ2n) is 3.56. The summed E-state index contributed by atoms with van der Waals surface area (Å²) in [7, 11) is 1.94. The summed E-state index contributed by atoms with van der Waals surface area (Å²) in [4.78, 5) is 5.47. The molecule has 0 aliphatic carbocycles. The number of nitrogens with zero attached hydrogens (tertiary/aromatic N) is 2. The number of halogens is 1. The van der Waals surface area contributed by atoms with E-state index in [1.807, 2.05) is 25.6 Å². The van der Waals surface area contributed by atoms with Gasteiger partial charge in [-0.3, -0.25) is 0 Å². The number of aryl methyl sites for hydroxylation is 2. The third-order valence-corrected chi connectivity index (χ3v) is 3.68. The van der Waals surface area contributed by atoms with Gasteiger partial charge in [-0.1, -0.05) is 11.6 Å². The van der Waals surface area contributed by atoms with Gasteiger partial charge in [0.2, 0.25) is 0 Å². The lowest BCUT2D eigenvalue weighted by atomic mass is 10.3. The van der Waals surface area contributed by atoms with E-state index in [-0.39, 0.29) is 0 Å². The van der Waals surface area contributed by atoms with Crippen molar-refractivity contribution in [3.8, 4) is 0 Å². The van der Waals surface area contributed by atoms with Crippen LogP contribution in [0.4, 0.5) is 0 Å². The van der Waals surface area contributed by atoms with Crippen LogP contribution in [0.5, 0.6) is 0 Å². The highest BCUT2D eigenvalue weighted by atomic mass is 35.5. The first kappa shape index (κ1) is 11.6. The number of thiophene rings is 1. The van der Waals surface area contributed by atoms with Crippen LogP contribution < -0.4 is 5.32 Å². The first-order valence-electron chi connectivity index (χ1n) is 5.17. The highest BCUT2D eigenvalue weighted by Gasteiger charge is 2.02. The number of hydrogen-bond donors (Lipinski definition) is 1. The van der Waals surface area contributed by atoms with E-state index in [0.717, 1.165) is 23.8 Å². The monoisotopic (exact) mass is 255 g/mol. The Labute approximate surface area is 104 Å². The summed E-state index contributed by atoms with van der Waals surface area (Å²) >= 11 is 7.54. The van der Waals surface area contributed by atoms with Gasteiger partial charge in [0, 0.05) is 24.2 Å². The van der Waals surface area contributed by atoms with Gasteiger partial charge in [-0.15, -0.1) is 11.3 Å². The molecule has 86 valence electrons. The van der Waals surface area contributed by atoms with Crippen LogP contribution in [0.25, 0.3) is 0 Å². The van der Waals surface area contributed by atoms with Crippen molar-refractivity contribution in [1.82, 2.24) is 14.9 Å². The quantitative estimate of drug-likeness (QED) is 0.890. The predicted molar refractivity (Wildman–Crippen MR) is 68.0 cm³/mol. The van der Waals surface area contributed by atoms with Crippen LogP contribution >= 0.6 is 22.9 Å². The summed E-state index contributed by atoms with van der Waals surface area (Å²) in [6, 6.07) is 4.03. The van der Waals surface area contributed by atoms with Crippen LogP contribution in [0.3, 0.4) is 0 Å². The Bertz CT molecular complexity index is 450. The van der Waals surface area contributed by atoms with Crippen LogP contribution in [0.2, 0.25) is 4.34 Å². The van der Waals surface area contributed by atoms with E-state index < -0.39 is 0 Å². The van der Waals surface area contributed by atoms with Gasteiger partial charge in [-0.25, -0.2) is 4.98 Å². The van der Waals surface area contributed by atoms with Gasteiger partial charge < -0.3 is 9.88 Å². The SMILES string of the molecule is CNCc1cncn1CCc1ccc(Cl)s1. The molecule has 16 heavy (non-hydrogen) atoms. The fraction of sp³-hybridized carbons (Fsp3) is 0.364. The van der Waals surface area contributed by atoms with E-state index in [1.54, 1.807) is 11.3 Å². The molecule has 0 amide bonds. The maximum Gasteiger partial charge on any atom is 0.0948 e. The van der Waals surface area contributed by atoms with Crippen molar-refractivity contribution in [2.45, 2.75) is 19.5 Å². The van der Waals surface area contributed by atoms with Crippen molar-refractivity contribution in [3.05, 3.63) is 39.6 Å². The second kappa shape index (κ2) is 5.48. The van der Waals surface area contributed by atoms with Gasteiger partial charge in [-0.05, 0) is 25.6 Å². The van der Waals surface area contributed by atoms with Crippen LogP contribution in [-0.2, 0) is 19.5 Å². The fourth-order valence-corrected chi connectivity index (χ4v) is 2.67. The first-order chi connectivity index (χ1) is 7.79. The van der Waals surface area contributed by atoms with Crippen molar-refractivity contribution in [3.63, 3.8) is 0 Å². The Morgan fingerprint density at radius 1 is 1.50 bits per heavy atom. The number of hydrogen-bond acceptors (Lipinski definition) is 3. The molecule has 2 heterocycles. The highest BCUT2D eigenvalue weighted by Crippen LogP contribution is 2.22. The van der Waals surface area contributed by atoms with Crippen molar-refractivity contribution < 1.29 is 0 Å². The molecule has 0 aromatic carbocycles. The van der Waals surface area contributed by atoms with Gasteiger partial charge in [0.1, 0.15) is 0 Å². The minimum atomic E-state index is 0.852. The largest absolute Gasteiger partial charge is 0.333 e. The molecule has 2 aromatic rings. The molecule has 2 rings (SSSR count). The van der Waals surface area contributed by atoms with Crippen molar-refractivity contribution in [2.24, 2.45) is 0 Å². The van der Waals surface area contributed by atoms with Crippen LogP contribution in [0, 0.1) is 0 Å².